The van der Waals surface area contributed by atoms with Gasteiger partial charge in [0.25, 0.3) is 0 Å². The lowest BCUT2D eigenvalue weighted by Crippen LogP contribution is -2.24. The molecular weight excluding hydrogens is 385 g/mol. The van der Waals surface area contributed by atoms with Crippen LogP contribution in [0.3, 0.4) is 0 Å². The molecule has 2 rings (SSSR count). The first-order valence-electron chi connectivity index (χ1n) is 8.74. The molecule has 0 unspecified atom stereocenters. The number of thiazole rings is 1. The number of carbonyl (C=O) groups excluding carboxylic acids is 1. The summed E-state index contributed by atoms with van der Waals surface area (Å²) in [5.74, 6) is -0.173. The number of hydrogen-bond acceptors (Lipinski definition) is 5. The number of aliphatic hydroxyl groups is 1. The summed E-state index contributed by atoms with van der Waals surface area (Å²) in [5, 5.41) is 14.6. The molecule has 148 valence electrons. The molecule has 0 radical (unpaired) electrons. The maximum atomic E-state index is 14.0. The summed E-state index contributed by atoms with van der Waals surface area (Å²) in [6.45, 7) is 11.2. The van der Waals surface area contributed by atoms with Crippen molar-refractivity contribution >= 4 is 35.0 Å². The lowest BCUT2D eigenvalue weighted by atomic mass is 9.92. The van der Waals surface area contributed by atoms with Crippen LogP contribution in [0.2, 0.25) is 0 Å². The molecule has 1 heterocycles. The second-order valence-corrected chi connectivity index (χ2v) is 9.40. The summed E-state index contributed by atoms with van der Waals surface area (Å²) in [6, 6.07) is 2.53. The van der Waals surface area contributed by atoms with Gasteiger partial charge in [0.05, 0.1) is 5.69 Å². The maximum absolute atomic E-state index is 14.0. The van der Waals surface area contributed by atoms with Crippen molar-refractivity contribution in [3.63, 3.8) is 0 Å². The van der Waals surface area contributed by atoms with E-state index < -0.39 is 11.6 Å². The largest absolute Gasteiger partial charge is 0.384 e. The number of halogens is 1. The van der Waals surface area contributed by atoms with Crippen LogP contribution in [0.5, 0.6) is 0 Å². The van der Waals surface area contributed by atoms with E-state index in [9.17, 15) is 14.3 Å². The van der Waals surface area contributed by atoms with Gasteiger partial charge in [0, 0.05) is 23.0 Å². The number of aromatic nitrogens is 1. The minimum Gasteiger partial charge on any atom is -0.384 e. The van der Waals surface area contributed by atoms with Crippen molar-refractivity contribution in [1.82, 2.24) is 9.71 Å². The van der Waals surface area contributed by atoms with E-state index in [0.717, 1.165) is 23.1 Å². The first kappa shape index (κ1) is 21.7. The summed E-state index contributed by atoms with van der Waals surface area (Å²) in [7, 11) is 0. The molecule has 0 bridgehead atoms. The van der Waals surface area contributed by atoms with Crippen LogP contribution in [0.1, 0.15) is 70.2 Å². The third-order valence-corrected chi connectivity index (χ3v) is 5.71. The van der Waals surface area contributed by atoms with Crippen LogP contribution < -0.4 is 10.0 Å². The normalized spacial score (nSPS) is 11.9. The Morgan fingerprint density at radius 2 is 1.78 bits per heavy atom. The SMILES string of the molecule is CC(C)c1cc(F)cc(C(C)C)c1NC(=O)NSc1nc(C(C)(C)O)cs1. The zero-order valence-electron chi connectivity index (χ0n) is 16.4. The lowest BCUT2D eigenvalue weighted by Gasteiger charge is -2.20. The number of urea groups is 1. The molecule has 0 atom stereocenters. The van der Waals surface area contributed by atoms with Crippen LogP contribution in [0.4, 0.5) is 14.9 Å². The fourth-order valence-electron chi connectivity index (χ4n) is 2.52. The molecule has 27 heavy (non-hydrogen) atoms. The van der Waals surface area contributed by atoms with Gasteiger partial charge in [-0.25, -0.2) is 14.2 Å². The van der Waals surface area contributed by atoms with Gasteiger partial charge in [-0.3, -0.25) is 4.72 Å². The molecule has 5 nitrogen and oxygen atoms in total. The van der Waals surface area contributed by atoms with Crippen LogP contribution in [-0.4, -0.2) is 16.1 Å². The molecule has 0 spiro atoms. The Kier molecular flexibility index (Phi) is 6.88. The summed E-state index contributed by atoms with van der Waals surface area (Å²) < 4.78 is 17.3. The minimum absolute atomic E-state index is 0.0643. The topological polar surface area (TPSA) is 74.2 Å². The number of carbonyl (C=O) groups is 1. The highest BCUT2D eigenvalue weighted by Gasteiger charge is 2.21. The van der Waals surface area contributed by atoms with E-state index in [4.69, 9.17) is 0 Å². The van der Waals surface area contributed by atoms with Gasteiger partial charge in [-0.1, -0.05) is 27.7 Å². The molecule has 0 fully saturated rings. The molecule has 1 aromatic carbocycles. The molecule has 2 aromatic rings. The minimum atomic E-state index is -1.02. The number of anilines is 1. The fourth-order valence-corrected chi connectivity index (χ4v) is 4.06. The van der Waals surface area contributed by atoms with Gasteiger partial charge in [-0.05, 0) is 48.9 Å². The summed E-state index contributed by atoms with van der Waals surface area (Å²) in [4.78, 5) is 16.7. The number of nitrogens with one attached hydrogen (secondary N) is 2. The molecule has 3 N–H and O–H groups in total. The standard InChI is InChI=1S/C19H26FN3O2S2/c1-10(2)13-7-12(20)8-14(11(3)4)16(13)22-17(24)23-27-18-21-15(9-26-18)19(5,6)25/h7-11,25H,1-6H3,(H2,22,23,24). The van der Waals surface area contributed by atoms with Crippen LogP contribution >= 0.6 is 23.3 Å². The Bertz CT molecular complexity index is 785. The van der Waals surface area contributed by atoms with Gasteiger partial charge in [0.15, 0.2) is 4.34 Å². The molecular formula is C19H26FN3O2S2. The van der Waals surface area contributed by atoms with E-state index in [0.29, 0.717) is 15.7 Å². The zero-order chi connectivity index (χ0) is 20.4. The predicted octanol–water partition coefficient (Wildman–Crippen LogP) is 5.59. The van der Waals surface area contributed by atoms with E-state index in [-0.39, 0.29) is 17.7 Å². The van der Waals surface area contributed by atoms with Crippen molar-refractivity contribution in [3.05, 3.63) is 40.2 Å². The number of rotatable bonds is 6. The van der Waals surface area contributed by atoms with E-state index in [1.54, 1.807) is 19.2 Å². The molecule has 0 aliphatic heterocycles. The van der Waals surface area contributed by atoms with Gasteiger partial charge in [-0.15, -0.1) is 11.3 Å². The van der Waals surface area contributed by atoms with E-state index in [2.05, 4.69) is 15.0 Å². The van der Waals surface area contributed by atoms with Gasteiger partial charge >= 0.3 is 6.03 Å². The second-order valence-electron chi connectivity index (χ2n) is 7.48. The van der Waals surface area contributed by atoms with Crippen molar-refractivity contribution in [2.45, 2.75) is 63.3 Å². The van der Waals surface area contributed by atoms with Crippen molar-refractivity contribution in [2.75, 3.05) is 5.32 Å². The molecule has 8 heteroatoms. The highest BCUT2D eigenvalue weighted by molar-refractivity contribution is 7.99. The van der Waals surface area contributed by atoms with E-state index in [1.807, 2.05) is 27.7 Å². The molecule has 2 amide bonds. The van der Waals surface area contributed by atoms with Gasteiger partial charge in [-0.2, -0.15) is 0 Å². The Morgan fingerprint density at radius 3 is 2.22 bits per heavy atom. The Balaban J connectivity index is 2.14. The molecule has 0 aliphatic carbocycles. The zero-order valence-corrected chi connectivity index (χ0v) is 18.0. The van der Waals surface area contributed by atoms with Crippen molar-refractivity contribution in [1.29, 1.82) is 0 Å². The second kappa shape index (κ2) is 8.58. The van der Waals surface area contributed by atoms with Crippen LogP contribution in [-0.2, 0) is 5.60 Å². The predicted molar refractivity (Wildman–Crippen MR) is 110 cm³/mol. The first-order valence-corrected chi connectivity index (χ1v) is 10.4. The highest BCUT2D eigenvalue weighted by atomic mass is 32.2. The summed E-state index contributed by atoms with van der Waals surface area (Å²) in [5.41, 5.74) is 1.70. The van der Waals surface area contributed by atoms with E-state index >= 15 is 0 Å². The Morgan fingerprint density at radius 1 is 1.22 bits per heavy atom. The summed E-state index contributed by atoms with van der Waals surface area (Å²) in [6.07, 6.45) is 0. The van der Waals surface area contributed by atoms with Crippen molar-refractivity contribution in [3.8, 4) is 0 Å². The highest BCUT2D eigenvalue weighted by Crippen LogP contribution is 2.34. The molecule has 0 saturated carbocycles. The third-order valence-electron chi connectivity index (χ3n) is 3.99. The van der Waals surface area contributed by atoms with Crippen LogP contribution in [0.15, 0.2) is 21.9 Å². The monoisotopic (exact) mass is 411 g/mol. The number of hydrogen-bond donors (Lipinski definition) is 3. The quantitative estimate of drug-likeness (QED) is 0.542. The van der Waals surface area contributed by atoms with Crippen LogP contribution in [0, 0.1) is 5.82 Å². The number of nitrogens with zero attached hydrogens (tertiary/aromatic N) is 1. The smallest absolute Gasteiger partial charge is 0.329 e. The average molecular weight is 412 g/mol. The Labute approximate surface area is 167 Å². The molecule has 1 aromatic heterocycles. The molecule has 0 aliphatic rings. The number of amides is 2. The average Bonchev–Trinajstić information content (AvgIpc) is 3.03. The van der Waals surface area contributed by atoms with Crippen molar-refractivity contribution in [2.24, 2.45) is 0 Å². The maximum Gasteiger partial charge on any atom is 0.329 e. The lowest BCUT2D eigenvalue weighted by molar-refractivity contribution is 0.0741. The molecule has 0 saturated heterocycles. The van der Waals surface area contributed by atoms with Crippen LogP contribution in [0.25, 0.3) is 0 Å². The fraction of sp³-hybridized carbons (Fsp3) is 0.474. The third kappa shape index (κ3) is 5.67. The van der Waals surface area contributed by atoms with E-state index in [1.165, 1.54) is 23.5 Å². The Hall–Kier alpha value is -1.64. The number of benzene rings is 1. The van der Waals surface area contributed by atoms with Gasteiger partial charge in [0.2, 0.25) is 0 Å². The summed E-state index contributed by atoms with van der Waals surface area (Å²) >= 11 is 2.42. The van der Waals surface area contributed by atoms with Gasteiger partial charge < -0.3 is 10.4 Å². The van der Waals surface area contributed by atoms with Crippen molar-refractivity contribution < 1.29 is 14.3 Å². The van der Waals surface area contributed by atoms with Gasteiger partial charge in [0.1, 0.15) is 11.4 Å². The first-order chi connectivity index (χ1) is 12.5.